The van der Waals surface area contributed by atoms with Gasteiger partial charge in [-0.3, -0.25) is 4.79 Å². The third-order valence-electron chi connectivity index (χ3n) is 2.48. The molecule has 0 bridgehead atoms. The van der Waals surface area contributed by atoms with Gasteiger partial charge < -0.3 is 5.73 Å². The summed E-state index contributed by atoms with van der Waals surface area (Å²) in [6.45, 7) is 3.73. The molecular formula is C11H12ClN5O. The topological polar surface area (TPSA) is 86.7 Å². The highest BCUT2D eigenvalue weighted by Gasteiger charge is 2.13. The molecule has 2 heterocycles. The zero-order valence-electron chi connectivity index (χ0n) is 10.0. The van der Waals surface area contributed by atoms with E-state index >= 15 is 0 Å². The fraction of sp³-hybridized carbons (Fsp3) is 0.273. The molecule has 18 heavy (non-hydrogen) atoms. The van der Waals surface area contributed by atoms with Crippen molar-refractivity contribution in [2.45, 2.75) is 20.3 Å². The lowest BCUT2D eigenvalue weighted by Crippen LogP contribution is -2.13. The van der Waals surface area contributed by atoms with Crippen LogP contribution in [0.4, 0.5) is 0 Å². The molecular weight excluding hydrogens is 254 g/mol. The predicted octanol–water partition coefficient (Wildman–Crippen LogP) is 1.29. The van der Waals surface area contributed by atoms with Crippen LogP contribution in [0, 0.1) is 6.92 Å². The monoisotopic (exact) mass is 265 g/mol. The lowest BCUT2D eigenvalue weighted by molar-refractivity contribution is 0.0995. The summed E-state index contributed by atoms with van der Waals surface area (Å²) in [5.74, 6) is 0.596. The number of carbonyl (C=O) groups is 1. The summed E-state index contributed by atoms with van der Waals surface area (Å²) in [6, 6.07) is 1.53. The van der Waals surface area contributed by atoms with Crippen LogP contribution in [0.25, 0.3) is 5.82 Å². The molecule has 2 N–H and O–H groups in total. The second-order valence-electron chi connectivity index (χ2n) is 3.74. The van der Waals surface area contributed by atoms with E-state index in [1.165, 1.54) is 10.7 Å². The van der Waals surface area contributed by atoms with Crippen LogP contribution in [-0.2, 0) is 6.42 Å². The van der Waals surface area contributed by atoms with Gasteiger partial charge in [-0.05, 0) is 13.0 Å². The molecule has 7 heteroatoms. The van der Waals surface area contributed by atoms with Crippen LogP contribution in [0.5, 0.6) is 0 Å². The van der Waals surface area contributed by atoms with Gasteiger partial charge in [0.2, 0.25) is 0 Å². The quantitative estimate of drug-likeness (QED) is 0.847. The van der Waals surface area contributed by atoms with Gasteiger partial charge in [0, 0.05) is 18.2 Å². The number of nitrogens with zero attached hydrogens (tertiary/aromatic N) is 4. The Labute approximate surface area is 109 Å². The molecule has 94 valence electrons. The van der Waals surface area contributed by atoms with Crippen molar-refractivity contribution in [1.82, 2.24) is 19.7 Å². The van der Waals surface area contributed by atoms with Gasteiger partial charge in [-0.25, -0.2) is 14.6 Å². The van der Waals surface area contributed by atoms with Crippen molar-refractivity contribution in [1.29, 1.82) is 0 Å². The van der Waals surface area contributed by atoms with E-state index in [4.69, 9.17) is 17.3 Å². The number of halogens is 1. The molecule has 0 unspecified atom stereocenters. The first-order valence-corrected chi connectivity index (χ1v) is 5.79. The fourth-order valence-corrected chi connectivity index (χ4v) is 1.66. The number of aromatic nitrogens is 4. The van der Waals surface area contributed by atoms with Gasteiger partial charge in [-0.1, -0.05) is 18.5 Å². The van der Waals surface area contributed by atoms with Crippen molar-refractivity contribution in [3.63, 3.8) is 0 Å². The number of rotatable bonds is 3. The number of aryl methyl sites for hydroxylation is 1. The molecule has 0 atom stereocenters. The maximum atomic E-state index is 11.0. The molecule has 0 aromatic carbocycles. The van der Waals surface area contributed by atoms with Gasteiger partial charge >= 0.3 is 0 Å². The molecule has 6 nitrogen and oxygen atoms in total. The van der Waals surface area contributed by atoms with E-state index in [1.54, 1.807) is 13.1 Å². The normalized spacial score (nSPS) is 10.6. The van der Waals surface area contributed by atoms with Gasteiger partial charge in [0.25, 0.3) is 5.91 Å². The van der Waals surface area contributed by atoms with Crippen LogP contribution in [0.1, 0.15) is 28.8 Å². The second-order valence-corrected chi connectivity index (χ2v) is 4.10. The van der Waals surface area contributed by atoms with Crippen molar-refractivity contribution in [3.8, 4) is 5.82 Å². The Morgan fingerprint density at radius 3 is 2.78 bits per heavy atom. The lowest BCUT2D eigenvalue weighted by Gasteiger charge is -2.07. The van der Waals surface area contributed by atoms with E-state index in [1.807, 2.05) is 6.92 Å². The molecule has 1 amide bonds. The van der Waals surface area contributed by atoms with E-state index in [-0.39, 0.29) is 5.69 Å². The Kier molecular flexibility index (Phi) is 3.29. The van der Waals surface area contributed by atoms with Gasteiger partial charge in [0.05, 0.1) is 0 Å². The van der Waals surface area contributed by atoms with Crippen LogP contribution >= 0.6 is 11.6 Å². The maximum absolute atomic E-state index is 11.0. The maximum Gasteiger partial charge on any atom is 0.269 e. The molecule has 0 saturated heterocycles. The fourth-order valence-electron chi connectivity index (χ4n) is 1.47. The predicted molar refractivity (Wildman–Crippen MR) is 66.8 cm³/mol. The van der Waals surface area contributed by atoms with Crippen LogP contribution in [0.15, 0.2) is 12.3 Å². The summed E-state index contributed by atoms with van der Waals surface area (Å²) < 4.78 is 1.47. The van der Waals surface area contributed by atoms with E-state index in [0.29, 0.717) is 28.8 Å². The number of nitrogens with two attached hydrogens (primary N) is 1. The van der Waals surface area contributed by atoms with E-state index in [2.05, 4.69) is 15.1 Å². The minimum Gasteiger partial charge on any atom is -0.364 e. The highest BCUT2D eigenvalue weighted by atomic mass is 35.5. The zero-order valence-corrected chi connectivity index (χ0v) is 10.8. The summed E-state index contributed by atoms with van der Waals surface area (Å²) in [4.78, 5) is 19.5. The van der Waals surface area contributed by atoms with Crippen LogP contribution in [0.3, 0.4) is 0 Å². The third-order valence-corrected chi connectivity index (χ3v) is 2.85. The van der Waals surface area contributed by atoms with Gasteiger partial charge in [-0.2, -0.15) is 5.10 Å². The highest BCUT2D eigenvalue weighted by molar-refractivity contribution is 6.30. The number of hydrogen-bond donors (Lipinski definition) is 1. The SMILES string of the molecule is CCc1nc(Cl)c(C)c(-n2ccc(C(N)=O)n2)n1. The molecule has 0 saturated carbocycles. The standard InChI is InChI=1S/C11H12ClN5O/c1-3-8-14-9(12)6(2)11(15-8)17-5-4-7(16-17)10(13)18/h4-5H,3H2,1-2H3,(H2,13,18). The third kappa shape index (κ3) is 2.19. The Hall–Kier alpha value is -1.95. The second kappa shape index (κ2) is 4.73. The smallest absolute Gasteiger partial charge is 0.269 e. The molecule has 2 aromatic heterocycles. The largest absolute Gasteiger partial charge is 0.364 e. The Morgan fingerprint density at radius 2 is 2.22 bits per heavy atom. The van der Waals surface area contributed by atoms with Crippen LogP contribution < -0.4 is 5.73 Å². The number of amides is 1. The molecule has 0 spiro atoms. The number of carbonyl (C=O) groups excluding carboxylic acids is 1. The van der Waals surface area contributed by atoms with Crippen LogP contribution in [0.2, 0.25) is 5.15 Å². The van der Waals surface area contributed by atoms with E-state index in [9.17, 15) is 4.79 Å². The summed E-state index contributed by atoms with van der Waals surface area (Å²) in [5, 5.41) is 4.43. The van der Waals surface area contributed by atoms with Crippen molar-refractivity contribution in [2.75, 3.05) is 0 Å². The van der Waals surface area contributed by atoms with Gasteiger partial charge in [0.1, 0.15) is 16.7 Å². The average molecular weight is 266 g/mol. The Morgan fingerprint density at radius 1 is 1.50 bits per heavy atom. The highest BCUT2D eigenvalue weighted by Crippen LogP contribution is 2.19. The zero-order chi connectivity index (χ0) is 13.3. The van der Waals surface area contributed by atoms with Crippen molar-refractivity contribution < 1.29 is 4.79 Å². The first-order chi connectivity index (χ1) is 8.52. The minimum atomic E-state index is -0.581. The molecule has 0 aliphatic carbocycles. The van der Waals surface area contributed by atoms with Crippen molar-refractivity contribution in [2.24, 2.45) is 5.73 Å². The first-order valence-electron chi connectivity index (χ1n) is 5.41. The van der Waals surface area contributed by atoms with Crippen molar-refractivity contribution >= 4 is 17.5 Å². The Balaban J connectivity index is 2.55. The Bertz CT molecular complexity index is 607. The van der Waals surface area contributed by atoms with Gasteiger partial charge in [-0.15, -0.1) is 0 Å². The molecule has 0 radical (unpaired) electrons. The number of hydrogen-bond acceptors (Lipinski definition) is 4. The summed E-state index contributed by atoms with van der Waals surface area (Å²) >= 11 is 6.03. The van der Waals surface area contributed by atoms with Crippen LogP contribution in [-0.4, -0.2) is 25.7 Å². The lowest BCUT2D eigenvalue weighted by atomic mass is 10.3. The van der Waals surface area contributed by atoms with Gasteiger partial charge in [0.15, 0.2) is 5.82 Å². The molecule has 0 aliphatic rings. The van der Waals surface area contributed by atoms with E-state index < -0.39 is 5.91 Å². The summed E-state index contributed by atoms with van der Waals surface area (Å²) in [5.41, 5.74) is 6.04. The minimum absolute atomic E-state index is 0.183. The van der Waals surface area contributed by atoms with E-state index in [0.717, 1.165) is 0 Å². The molecule has 2 aromatic rings. The average Bonchev–Trinajstić information content (AvgIpc) is 2.82. The summed E-state index contributed by atoms with van der Waals surface area (Å²) in [7, 11) is 0. The van der Waals surface area contributed by atoms with Crippen molar-refractivity contribution in [3.05, 3.63) is 34.5 Å². The molecule has 2 rings (SSSR count). The number of primary amides is 1. The molecule has 0 fully saturated rings. The first kappa shape index (κ1) is 12.5. The molecule has 0 aliphatic heterocycles. The summed E-state index contributed by atoms with van der Waals surface area (Å²) in [6.07, 6.45) is 2.28.